The van der Waals surface area contributed by atoms with Crippen molar-refractivity contribution in [1.82, 2.24) is 59.2 Å². The Bertz CT molecular complexity index is 3380. The van der Waals surface area contributed by atoms with E-state index in [0.29, 0.717) is 24.2 Å². The Morgan fingerprint density at radius 3 is 1.30 bits per heavy atom. The van der Waals surface area contributed by atoms with Crippen LogP contribution in [0, 0.1) is 54.3 Å². The number of phenols is 2. The number of nitrogens with one attached hydrogen (secondary N) is 2. The lowest BCUT2D eigenvalue weighted by Gasteiger charge is -2.16. The third-order valence-electron chi connectivity index (χ3n) is 11.0. The minimum atomic E-state index is -0.519. The molecule has 0 aliphatic heterocycles. The number of nitrogens with zero attached hydrogens (tertiary/aromatic N) is 14. The molecular formula is C56H64ClN17O3. The number of aryl methyl sites for hydroxylation is 6. The zero-order valence-corrected chi connectivity index (χ0v) is 45.8. The minimum absolute atomic E-state index is 0.111. The maximum atomic E-state index is 9.37. The fraction of sp³-hybridized carbons (Fsp3) is 0.268. The summed E-state index contributed by atoms with van der Waals surface area (Å²) in [4.78, 5) is 25.8. The van der Waals surface area contributed by atoms with Gasteiger partial charge in [0.15, 0.2) is 0 Å². The zero-order chi connectivity index (χ0) is 56.3. The van der Waals surface area contributed by atoms with E-state index >= 15 is 0 Å². The number of phenolic OH excluding ortho intramolecular Hbond substituents is 2. The van der Waals surface area contributed by atoms with Gasteiger partial charge in [0.1, 0.15) is 23.9 Å². The summed E-state index contributed by atoms with van der Waals surface area (Å²) < 4.78 is 10.8. The van der Waals surface area contributed by atoms with Gasteiger partial charge in [-0.05, 0) is 156 Å². The highest BCUT2D eigenvalue weighted by atomic mass is 35.5. The molecule has 6 N–H and O–H groups in total. The van der Waals surface area contributed by atoms with Crippen LogP contribution >= 0.6 is 11.6 Å². The van der Waals surface area contributed by atoms with Gasteiger partial charge < -0.3 is 31.3 Å². The van der Waals surface area contributed by atoms with Crippen molar-refractivity contribution in [1.29, 1.82) is 10.5 Å². The van der Waals surface area contributed by atoms with Gasteiger partial charge >= 0.3 is 0 Å². The molecule has 77 heavy (non-hydrogen) atoms. The van der Waals surface area contributed by atoms with Crippen molar-refractivity contribution in [2.45, 2.75) is 61.8 Å². The van der Waals surface area contributed by atoms with Crippen LogP contribution in [0.15, 0.2) is 129 Å². The molecule has 0 saturated carbocycles. The summed E-state index contributed by atoms with van der Waals surface area (Å²) in [5, 5.41) is 54.5. The largest absolute Gasteiger partial charge is 0.508 e. The Hall–Kier alpha value is -9.40. The topological polar surface area (TPSA) is 278 Å². The molecule has 0 spiro atoms. The van der Waals surface area contributed by atoms with E-state index < -0.39 is 5.41 Å². The Balaban J connectivity index is 0.000000194. The van der Waals surface area contributed by atoms with Crippen molar-refractivity contribution in [3.8, 4) is 63.2 Å². The van der Waals surface area contributed by atoms with Crippen LogP contribution in [0.2, 0.25) is 5.28 Å². The number of nitriles is 2. The minimum Gasteiger partial charge on any atom is -0.508 e. The first-order valence-electron chi connectivity index (χ1n) is 24.1. The summed E-state index contributed by atoms with van der Waals surface area (Å²) in [6, 6.07) is 25.9. The number of hydrogen-bond acceptors (Lipinski definition) is 17. The predicted octanol–water partition coefficient (Wildman–Crippen LogP) is 11.3. The zero-order valence-electron chi connectivity index (χ0n) is 45.1. The van der Waals surface area contributed by atoms with Crippen LogP contribution in [0.1, 0.15) is 57.7 Å². The molecule has 3 aromatic carbocycles. The number of halogens is 1. The fourth-order valence-corrected chi connectivity index (χ4v) is 6.43. The molecule has 0 radical (unpaired) electrons. The standard InChI is InChI=1S/C20H22N6O.C15H15N5O.C11H9ClN2O.C6H11N.C4H7N3/c1-14-9-22-19(24-16-10-23-26(4)11-16)25-18(14)15-5-7-17(8-6-15)27-13-20(2,3)12-21;1-10-7-16-15(18-12-8-17-20(2)9-12)19-14(10)11-3-5-13(21)6-4-11;1-7-6-13-11(12)14-10(7)8-2-4-9(15)5-3-8;1-4-6(2,3)5-7;1-7-3-4(5)2-6-7/h5-11H,13H2,1-4H3,(H,22,24,25);3-9,21H,1-2H3,(H,16,18,19);2-6,15H,1H3;4H2,1-3H3;2-3H,5H2,1H3. The van der Waals surface area contributed by atoms with E-state index in [0.717, 1.165) is 74.0 Å². The molecular weight excluding hydrogens is 994 g/mol. The van der Waals surface area contributed by atoms with Gasteiger partial charge in [-0.15, -0.1) is 0 Å². The number of anilines is 5. The summed E-state index contributed by atoms with van der Waals surface area (Å²) in [5.74, 6) is 2.22. The molecule has 0 unspecified atom stereocenters. The number of aromatic nitrogens is 12. The van der Waals surface area contributed by atoms with E-state index in [2.05, 4.69) is 68.0 Å². The summed E-state index contributed by atoms with van der Waals surface area (Å²) in [6.07, 6.45) is 16.7. The van der Waals surface area contributed by atoms with Crippen molar-refractivity contribution in [2.24, 2.45) is 32.0 Å². The first-order valence-corrected chi connectivity index (χ1v) is 24.5. The van der Waals surface area contributed by atoms with Gasteiger partial charge in [0.25, 0.3) is 0 Å². The fourth-order valence-electron chi connectivity index (χ4n) is 6.29. The van der Waals surface area contributed by atoms with Gasteiger partial charge in [-0.3, -0.25) is 14.0 Å². The molecule has 20 nitrogen and oxygen atoms in total. The number of benzene rings is 3. The highest BCUT2D eigenvalue weighted by Crippen LogP contribution is 2.28. The SMILES string of the molecule is CCC(C)(C)C#N.Cc1cnc(Cl)nc1-c1ccc(O)cc1.Cc1cnc(Nc2cnn(C)c2)nc1-c1ccc(O)cc1.Cc1cnc(Nc2cnn(C)c2)nc1-c1ccc(OCC(C)(C)C#N)cc1.Cn1cc(N)cn1. The lowest BCUT2D eigenvalue weighted by Crippen LogP contribution is -2.18. The highest BCUT2D eigenvalue weighted by molar-refractivity contribution is 6.28. The van der Waals surface area contributed by atoms with E-state index in [4.69, 9.17) is 37.7 Å². The van der Waals surface area contributed by atoms with Crippen LogP contribution in [0.5, 0.6) is 17.2 Å². The molecule has 0 saturated heterocycles. The number of ether oxygens (including phenoxy) is 1. The molecule has 6 heterocycles. The Kier molecular flexibility index (Phi) is 20.7. The van der Waals surface area contributed by atoms with Crippen LogP contribution in [0.25, 0.3) is 33.8 Å². The maximum absolute atomic E-state index is 9.37. The van der Waals surface area contributed by atoms with Crippen LogP contribution in [-0.2, 0) is 21.1 Å². The van der Waals surface area contributed by atoms with Crippen molar-refractivity contribution in [3.05, 3.63) is 151 Å². The molecule has 0 aliphatic carbocycles. The molecule has 0 fully saturated rings. The second kappa shape index (κ2) is 27.2. The second-order valence-corrected chi connectivity index (χ2v) is 19.2. The van der Waals surface area contributed by atoms with Gasteiger partial charge in [-0.2, -0.15) is 25.8 Å². The summed E-state index contributed by atoms with van der Waals surface area (Å²) in [5.41, 5.74) is 15.2. The monoisotopic (exact) mass is 1060 g/mol. The van der Waals surface area contributed by atoms with Crippen molar-refractivity contribution in [3.63, 3.8) is 0 Å². The summed E-state index contributed by atoms with van der Waals surface area (Å²) in [6.45, 7) is 15.8. The van der Waals surface area contributed by atoms with Gasteiger partial charge in [-0.1, -0.05) is 6.92 Å². The third kappa shape index (κ3) is 18.8. The van der Waals surface area contributed by atoms with Gasteiger partial charge in [0.2, 0.25) is 17.2 Å². The lowest BCUT2D eigenvalue weighted by atomic mass is 9.93. The van der Waals surface area contributed by atoms with Gasteiger partial charge in [0, 0.05) is 75.0 Å². The average molecular weight is 1060 g/mol. The van der Waals surface area contributed by atoms with Crippen LogP contribution in [0.4, 0.5) is 29.0 Å². The number of nitrogens with two attached hydrogens (primary N) is 1. The van der Waals surface area contributed by atoms with E-state index in [1.54, 1.807) is 93.8 Å². The van der Waals surface area contributed by atoms with Crippen molar-refractivity contribution in [2.75, 3.05) is 23.0 Å². The first-order chi connectivity index (χ1) is 36.5. The highest BCUT2D eigenvalue weighted by Gasteiger charge is 2.18. The molecule has 0 amide bonds. The second-order valence-electron chi connectivity index (χ2n) is 18.9. The number of aromatic hydroxyl groups is 2. The van der Waals surface area contributed by atoms with Crippen LogP contribution in [-0.4, -0.2) is 76.1 Å². The van der Waals surface area contributed by atoms with Gasteiger partial charge in [0.05, 0.1) is 75.7 Å². The maximum Gasteiger partial charge on any atom is 0.227 e. The summed E-state index contributed by atoms with van der Waals surface area (Å²) in [7, 11) is 5.54. The number of nitrogen functional groups attached to an aromatic ring is 1. The van der Waals surface area contributed by atoms with Crippen LogP contribution < -0.4 is 21.1 Å². The molecule has 0 aliphatic rings. The molecule has 0 bridgehead atoms. The number of rotatable bonds is 11. The Morgan fingerprint density at radius 1 is 0.571 bits per heavy atom. The first kappa shape index (κ1) is 58.5. The van der Waals surface area contributed by atoms with Gasteiger partial charge in [-0.25, -0.2) is 29.9 Å². The average Bonchev–Trinajstić information content (AvgIpc) is 4.15. The molecule has 398 valence electrons. The van der Waals surface area contributed by atoms with E-state index in [1.807, 2.05) is 125 Å². The van der Waals surface area contributed by atoms with Crippen molar-refractivity contribution < 1.29 is 14.9 Å². The third-order valence-corrected chi connectivity index (χ3v) is 11.2. The molecule has 0 atom stereocenters. The Morgan fingerprint density at radius 2 is 0.961 bits per heavy atom. The molecule has 21 heteroatoms. The van der Waals surface area contributed by atoms with Crippen LogP contribution in [0.3, 0.4) is 0 Å². The molecule has 6 aromatic heterocycles. The summed E-state index contributed by atoms with van der Waals surface area (Å²) >= 11 is 5.73. The lowest BCUT2D eigenvalue weighted by molar-refractivity contribution is 0.227. The smallest absolute Gasteiger partial charge is 0.227 e. The van der Waals surface area contributed by atoms with E-state index in [9.17, 15) is 5.11 Å². The van der Waals surface area contributed by atoms with Crippen molar-refractivity contribution >= 4 is 40.6 Å². The predicted molar refractivity (Wildman–Crippen MR) is 300 cm³/mol. The van der Waals surface area contributed by atoms with E-state index in [-0.39, 0.29) is 22.2 Å². The molecule has 9 rings (SSSR count). The van der Waals surface area contributed by atoms with E-state index in [1.165, 1.54) is 0 Å². The molecule has 9 aromatic rings. The number of hydrogen-bond donors (Lipinski definition) is 5. The normalized spacial score (nSPS) is 10.6. The Labute approximate surface area is 453 Å². The quantitative estimate of drug-likeness (QED) is 0.0753.